The van der Waals surface area contributed by atoms with Gasteiger partial charge in [0.1, 0.15) is 5.69 Å². The highest BCUT2D eigenvalue weighted by molar-refractivity contribution is 6.08. The van der Waals surface area contributed by atoms with Crippen molar-refractivity contribution in [1.29, 1.82) is 5.41 Å². The van der Waals surface area contributed by atoms with Crippen LogP contribution in [-0.2, 0) is 6.42 Å². The Morgan fingerprint density at radius 1 is 1.32 bits per heavy atom. The second-order valence-electron chi connectivity index (χ2n) is 7.90. The zero-order chi connectivity index (χ0) is 21.9. The lowest BCUT2D eigenvalue weighted by molar-refractivity contribution is 0.312. The molecule has 3 rings (SSSR count). The summed E-state index contributed by atoms with van der Waals surface area (Å²) in [6.07, 6.45) is 19.0. The predicted octanol–water partition coefficient (Wildman–Crippen LogP) is 4.92. The molecule has 31 heavy (non-hydrogen) atoms. The molecule has 2 aromatic heterocycles. The van der Waals surface area contributed by atoms with Crippen molar-refractivity contribution in [2.24, 2.45) is 10.9 Å². The van der Waals surface area contributed by atoms with E-state index in [0.29, 0.717) is 5.82 Å². The largest absolute Gasteiger partial charge is 0.357 e. The highest BCUT2D eigenvalue weighted by Crippen LogP contribution is 2.29. The van der Waals surface area contributed by atoms with E-state index in [4.69, 9.17) is 5.41 Å². The van der Waals surface area contributed by atoms with Crippen molar-refractivity contribution in [2.75, 3.05) is 18.9 Å². The summed E-state index contributed by atoms with van der Waals surface area (Å²) in [5, 5.41) is 18.5. The molecular formula is C24H33N7. The molecule has 0 spiro atoms. The molecule has 1 fully saturated rings. The van der Waals surface area contributed by atoms with E-state index < -0.39 is 0 Å². The molecule has 7 nitrogen and oxygen atoms in total. The molecule has 2 heterocycles. The minimum Gasteiger partial charge on any atom is -0.357 e. The van der Waals surface area contributed by atoms with Crippen molar-refractivity contribution in [3.05, 3.63) is 48.1 Å². The van der Waals surface area contributed by atoms with Crippen LogP contribution in [0.4, 0.5) is 11.5 Å². The van der Waals surface area contributed by atoms with Gasteiger partial charge in [0.05, 0.1) is 6.20 Å². The van der Waals surface area contributed by atoms with Gasteiger partial charge in [0.15, 0.2) is 5.82 Å². The maximum Gasteiger partial charge on any atom is 0.178 e. The Kier molecular flexibility index (Phi) is 8.72. The van der Waals surface area contributed by atoms with Crippen LogP contribution < -0.4 is 10.6 Å². The zero-order valence-corrected chi connectivity index (χ0v) is 18.3. The topological polar surface area (TPSA) is 91.0 Å². The van der Waals surface area contributed by atoms with E-state index in [1.165, 1.54) is 25.5 Å². The number of aliphatic imine (C=N–C) groups is 1. The van der Waals surface area contributed by atoms with Gasteiger partial charge in [-0.2, -0.15) is 5.10 Å². The van der Waals surface area contributed by atoms with E-state index in [2.05, 4.69) is 44.6 Å². The number of hydrogen-bond acceptors (Lipinski definition) is 6. The minimum absolute atomic E-state index is 0.640. The fourth-order valence-electron chi connectivity index (χ4n) is 3.54. The van der Waals surface area contributed by atoms with E-state index in [0.717, 1.165) is 60.7 Å². The molecule has 1 saturated carbocycles. The second-order valence-corrected chi connectivity index (χ2v) is 7.90. The van der Waals surface area contributed by atoms with Crippen molar-refractivity contribution >= 4 is 36.2 Å². The van der Waals surface area contributed by atoms with Crippen LogP contribution in [0.25, 0.3) is 11.8 Å². The van der Waals surface area contributed by atoms with Gasteiger partial charge in [0.25, 0.3) is 0 Å². The first-order chi connectivity index (χ1) is 15.2. The lowest BCUT2D eigenvalue weighted by atomic mass is 9.82. The van der Waals surface area contributed by atoms with Crippen molar-refractivity contribution in [2.45, 2.75) is 44.9 Å². The molecule has 1 aliphatic rings. The number of anilines is 1. The van der Waals surface area contributed by atoms with Gasteiger partial charge in [-0.3, -0.25) is 4.98 Å². The molecule has 2 aromatic rings. The van der Waals surface area contributed by atoms with E-state index >= 15 is 0 Å². The summed E-state index contributed by atoms with van der Waals surface area (Å²) in [4.78, 5) is 8.71. The molecule has 0 bridgehead atoms. The van der Waals surface area contributed by atoms with Gasteiger partial charge < -0.3 is 16.0 Å². The summed E-state index contributed by atoms with van der Waals surface area (Å²) < 4.78 is 1.71. The molecule has 0 saturated heterocycles. The van der Waals surface area contributed by atoms with Gasteiger partial charge in [-0.15, -0.1) is 0 Å². The van der Waals surface area contributed by atoms with E-state index in [1.54, 1.807) is 17.1 Å². The van der Waals surface area contributed by atoms with Gasteiger partial charge in [-0.1, -0.05) is 31.4 Å². The summed E-state index contributed by atoms with van der Waals surface area (Å²) >= 11 is 0. The summed E-state index contributed by atoms with van der Waals surface area (Å²) in [5.41, 5.74) is 3.51. The standard InChI is InChI=1S/C24H33N7/c1-26-12-5-3-4-6-13-31-24(27-2)23(18-30-31)29-17-21(15-25)20-10-11-22(28-16-20)14-19-8-7-9-19/h6,10-11,13,15-19,25-26,29H,2-5,7-9,12,14H2,1H3/b13-6-,21-17+,25-15?. The summed E-state index contributed by atoms with van der Waals surface area (Å²) in [6.45, 7) is 4.71. The molecule has 0 aromatic carbocycles. The van der Waals surface area contributed by atoms with Gasteiger partial charge in [0.2, 0.25) is 0 Å². The monoisotopic (exact) mass is 419 g/mol. The van der Waals surface area contributed by atoms with Crippen LogP contribution in [0.2, 0.25) is 0 Å². The summed E-state index contributed by atoms with van der Waals surface area (Å²) in [6, 6.07) is 4.10. The Hall–Kier alpha value is -3.06. The number of aromatic nitrogens is 3. The smallest absolute Gasteiger partial charge is 0.178 e. The Balaban J connectivity index is 1.62. The summed E-state index contributed by atoms with van der Waals surface area (Å²) in [5.74, 6) is 1.43. The number of nitrogens with zero attached hydrogens (tertiary/aromatic N) is 4. The number of pyridine rings is 1. The quantitative estimate of drug-likeness (QED) is 0.318. The van der Waals surface area contributed by atoms with Gasteiger partial charge in [-0.25, -0.2) is 9.67 Å². The van der Waals surface area contributed by atoms with E-state index in [1.807, 2.05) is 25.5 Å². The molecule has 0 aliphatic heterocycles. The second kappa shape index (κ2) is 12.0. The Morgan fingerprint density at radius 2 is 2.19 bits per heavy atom. The number of allylic oxidation sites excluding steroid dienone is 2. The highest BCUT2D eigenvalue weighted by atomic mass is 15.3. The van der Waals surface area contributed by atoms with Crippen molar-refractivity contribution < 1.29 is 0 Å². The van der Waals surface area contributed by atoms with Gasteiger partial charge >= 0.3 is 0 Å². The van der Waals surface area contributed by atoms with Crippen LogP contribution in [0.15, 0.2) is 41.8 Å². The minimum atomic E-state index is 0.640. The SMILES string of the molecule is C=Nc1c(N/C=C(\C=N)c2ccc(CC3CCC3)nc2)cnn1/C=C\CCCCNC. The number of nitrogens with one attached hydrogen (secondary N) is 3. The first-order valence-electron chi connectivity index (χ1n) is 11.0. The molecule has 0 unspecified atom stereocenters. The third kappa shape index (κ3) is 6.46. The predicted molar refractivity (Wildman–Crippen MR) is 130 cm³/mol. The van der Waals surface area contributed by atoms with E-state index in [-0.39, 0.29) is 0 Å². The van der Waals surface area contributed by atoms with Crippen LogP contribution in [0.1, 0.15) is 49.8 Å². The molecule has 7 heteroatoms. The van der Waals surface area contributed by atoms with E-state index in [9.17, 15) is 0 Å². The Bertz CT molecular complexity index is 905. The fourth-order valence-corrected chi connectivity index (χ4v) is 3.54. The van der Waals surface area contributed by atoms with Crippen molar-refractivity contribution in [3.63, 3.8) is 0 Å². The molecule has 0 amide bonds. The van der Waals surface area contributed by atoms with Gasteiger partial charge in [-0.05, 0) is 58.0 Å². The maximum atomic E-state index is 7.80. The molecule has 3 N–H and O–H groups in total. The van der Waals surface area contributed by atoms with Crippen molar-refractivity contribution in [1.82, 2.24) is 20.1 Å². The third-order valence-electron chi connectivity index (χ3n) is 5.63. The van der Waals surface area contributed by atoms with Crippen molar-refractivity contribution in [3.8, 4) is 0 Å². The first kappa shape index (κ1) is 22.6. The average molecular weight is 420 g/mol. The van der Waals surface area contributed by atoms with Gasteiger partial charge in [0, 0.05) is 41.6 Å². The number of unbranched alkanes of at least 4 members (excludes halogenated alkanes) is 2. The molecule has 1 aliphatic carbocycles. The molecule has 164 valence electrons. The normalized spacial score (nSPS) is 14.5. The van der Waals surface area contributed by atoms with Crippen LogP contribution in [0, 0.1) is 11.3 Å². The first-order valence-corrected chi connectivity index (χ1v) is 11.0. The molecular weight excluding hydrogens is 386 g/mol. The Labute approximate surface area is 184 Å². The fraction of sp³-hybridized carbons (Fsp3) is 0.417. The highest BCUT2D eigenvalue weighted by Gasteiger charge is 2.18. The van der Waals surface area contributed by atoms with Crippen LogP contribution in [0.5, 0.6) is 0 Å². The lowest BCUT2D eigenvalue weighted by Gasteiger charge is -2.24. The maximum absolute atomic E-state index is 7.80. The Morgan fingerprint density at radius 3 is 2.84 bits per heavy atom. The zero-order valence-electron chi connectivity index (χ0n) is 18.3. The lowest BCUT2D eigenvalue weighted by Crippen LogP contribution is -2.14. The number of rotatable bonds is 13. The average Bonchev–Trinajstić information content (AvgIpc) is 3.16. The molecule has 0 atom stereocenters. The van der Waals surface area contributed by atoms with Crippen LogP contribution in [-0.4, -0.2) is 41.3 Å². The number of hydrogen-bond donors (Lipinski definition) is 3. The molecule has 0 radical (unpaired) electrons. The summed E-state index contributed by atoms with van der Waals surface area (Å²) in [7, 11) is 1.97. The van der Waals surface area contributed by atoms with Crippen LogP contribution in [0.3, 0.4) is 0 Å². The third-order valence-corrected chi connectivity index (χ3v) is 5.63. The van der Waals surface area contributed by atoms with Crippen LogP contribution >= 0.6 is 0 Å².